The molecule has 4 nitrogen and oxygen atoms in total. The van der Waals surface area contributed by atoms with Crippen LogP contribution in [-0.4, -0.2) is 36.0 Å². The molecule has 0 radical (unpaired) electrons. The van der Waals surface area contributed by atoms with E-state index in [0.29, 0.717) is 24.2 Å². The van der Waals surface area contributed by atoms with Crippen LogP contribution >= 0.6 is 11.6 Å². The zero-order valence-corrected chi connectivity index (χ0v) is 12.6. The van der Waals surface area contributed by atoms with E-state index < -0.39 is 0 Å². The Morgan fingerprint density at radius 2 is 2.25 bits per heavy atom. The van der Waals surface area contributed by atoms with Gasteiger partial charge in [-0.2, -0.15) is 0 Å². The zero-order valence-electron chi connectivity index (χ0n) is 11.8. The van der Waals surface area contributed by atoms with E-state index in [1.54, 1.807) is 0 Å². The van der Waals surface area contributed by atoms with Crippen molar-refractivity contribution >= 4 is 17.5 Å². The average molecular weight is 296 g/mol. The largest absolute Gasteiger partial charge is 0.351 e. The van der Waals surface area contributed by atoms with Crippen LogP contribution in [0.5, 0.6) is 0 Å². The summed E-state index contributed by atoms with van der Waals surface area (Å²) >= 11 is 6.06. The molecule has 1 aromatic rings. The molecule has 20 heavy (non-hydrogen) atoms. The quantitative estimate of drug-likeness (QED) is 0.890. The number of nitrogens with one attached hydrogen (secondary N) is 1. The van der Waals surface area contributed by atoms with Gasteiger partial charge in [-0.05, 0) is 31.4 Å². The molecule has 0 saturated carbocycles. The molecular weight excluding hydrogens is 274 g/mol. The summed E-state index contributed by atoms with van der Waals surface area (Å²) in [7, 11) is 0. The van der Waals surface area contributed by atoms with Crippen molar-refractivity contribution in [2.45, 2.75) is 38.4 Å². The molecule has 0 bridgehead atoms. The lowest BCUT2D eigenvalue weighted by atomic mass is 9.99. The van der Waals surface area contributed by atoms with Crippen LogP contribution in [0.15, 0.2) is 24.3 Å². The number of nitrogens with zero attached hydrogens (tertiary/aromatic N) is 1. The van der Waals surface area contributed by atoms with Crippen molar-refractivity contribution in [1.82, 2.24) is 10.2 Å². The number of nitrogens with two attached hydrogens (primary N) is 1. The predicted molar refractivity (Wildman–Crippen MR) is 81.5 cm³/mol. The Kier molecular flexibility index (Phi) is 5.40. The summed E-state index contributed by atoms with van der Waals surface area (Å²) in [6.07, 6.45) is 1.92. The number of piperidine rings is 1. The van der Waals surface area contributed by atoms with Crippen molar-refractivity contribution in [2.75, 3.05) is 13.1 Å². The molecule has 5 heteroatoms. The minimum Gasteiger partial charge on any atom is -0.351 e. The second-order valence-electron chi connectivity index (χ2n) is 5.47. The number of amides is 1. The van der Waals surface area contributed by atoms with E-state index in [1.807, 2.05) is 24.3 Å². The summed E-state index contributed by atoms with van der Waals surface area (Å²) in [5.74, 6) is 0.0345. The first-order chi connectivity index (χ1) is 9.56. The van der Waals surface area contributed by atoms with Crippen molar-refractivity contribution in [3.63, 3.8) is 0 Å². The van der Waals surface area contributed by atoms with Crippen LogP contribution in [-0.2, 0) is 11.3 Å². The first-order valence-corrected chi connectivity index (χ1v) is 7.44. The Hall–Kier alpha value is -1.10. The van der Waals surface area contributed by atoms with E-state index in [0.717, 1.165) is 24.9 Å². The SMILES string of the molecule is CC1CC(N)CCN1CC(=O)NCc1ccccc1Cl. The van der Waals surface area contributed by atoms with E-state index in [2.05, 4.69) is 17.1 Å². The Morgan fingerprint density at radius 3 is 2.95 bits per heavy atom. The van der Waals surface area contributed by atoms with Crippen molar-refractivity contribution in [3.8, 4) is 0 Å². The number of rotatable bonds is 4. The fourth-order valence-electron chi connectivity index (χ4n) is 2.57. The smallest absolute Gasteiger partial charge is 0.234 e. The first-order valence-electron chi connectivity index (χ1n) is 7.06. The zero-order chi connectivity index (χ0) is 14.5. The molecule has 2 atom stereocenters. The van der Waals surface area contributed by atoms with E-state index >= 15 is 0 Å². The Morgan fingerprint density at radius 1 is 1.50 bits per heavy atom. The van der Waals surface area contributed by atoms with Crippen molar-refractivity contribution in [1.29, 1.82) is 0 Å². The molecule has 2 rings (SSSR count). The van der Waals surface area contributed by atoms with Crippen LogP contribution in [0.25, 0.3) is 0 Å². The van der Waals surface area contributed by atoms with Gasteiger partial charge in [0, 0.05) is 30.2 Å². The van der Waals surface area contributed by atoms with Gasteiger partial charge in [0.2, 0.25) is 5.91 Å². The number of halogens is 1. The molecule has 0 aliphatic carbocycles. The number of carbonyl (C=O) groups is 1. The number of benzene rings is 1. The lowest BCUT2D eigenvalue weighted by Gasteiger charge is -2.35. The maximum Gasteiger partial charge on any atom is 0.234 e. The molecule has 1 saturated heterocycles. The highest BCUT2D eigenvalue weighted by Crippen LogP contribution is 2.16. The summed E-state index contributed by atoms with van der Waals surface area (Å²) in [4.78, 5) is 14.2. The maximum atomic E-state index is 12.0. The average Bonchev–Trinajstić information content (AvgIpc) is 2.41. The molecule has 1 amide bonds. The normalized spacial score (nSPS) is 23.6. The van der Waals surface area contributed by atoms with E-state index in [-0.39, 0.29) is 11.9 Å². The molecule has 2 unspecified atom stereocenters. The maximum absolute atomic E-state index is 12.0. The lowest BCUT2D eigenvalue weighted by molar-refractivity contribution is -0.123. The lowest BCUT2D eigenvalue weighted by Crippen LogP contribution is -2.49. The highest BCUT2D eigenvalue weighted by molar-refractivity contribution is 6.31. The minimum atomic E-state index is 0.0345. The fourth-order valence-corrected chi connectivity index (χ4v) is 2.77. The number of likely N-dealkylation sites (tertiary alicyclic amines) is 1. The van der Waals surface area contributed by atoms with Gasteiger partial charge in [-0.3, -0.25) is 9.69 Å². The predicted octanol–water partition coefficient (Wildman–Crippen LogP) is 1.77. The molecule has 110 valence electrons. The summed E-state index contributed by atoms with van der Waals surface area (Å²) < 4.78 is 0. The highest BCUT2D eigenvalue weighted by atomic mass is 35.5. The Labute approximate surface area is 125 Å². The molecule has 1 fully saturated rings. The second kappa shape index (κ2) is 7.07. The van der Waals surface area contributed by atoms with Crippen LogP contribution in [0.1, 0.15) is 25.3 Å². The van der Waals surface area contributed by atoms with Gasteiger partial charge in [0.15, 0.2) is 0 Å². The van der Waals surface area contributed by atoms with E-state index in [1.165, 1.54) is 0 Å². The monoisotopic (exact) mass is 295 g/mol. The Bertz CT molecular complexity index is 466. The van der Waals surface area contributed by atoms with Gasteiger partial charge in [0.1, 0.15) is 0 Å². The standard InChI is InChI=1S/C15H22ClN3O/c1-11-8-13(17)6-7-19(11)10-15(20)18-9-12-4-2-3-5-14(12)16/h2-5,11,13H,6-10,17H2,1H3,(H,18,20). The van der Waals surface area contributed by atoms with Gasteiger partial charge in [-0.1, -0.05) is 29.8 Å². The van der Waals surface area contributed by atoms with Gasteiger partial charge in [0.05, 0.1) is 6.54 Å². The number of carbonyl (C=O) groups excluding carboxylic acids is 1. The third-order valence-electron chi connectivity index (χ3n) is 3.83. The van der Waals surface area contributed by atoms with Gasteiger partial charge in [-0.25, -0.2) is 0 Å². The van der Waals surface area contributed by atoms with Crippen molar-refractivity contribution in [3.05, 3.63) is 34.9 Å². The van der Waals surface area contributed by atoms with Crippen LogP contribution in [0, 0.1) is 0 Å². The summed E-state index contributed by atoms with van der Waals surface area (Å²) in [6.45, 7) is 3.92. The number of hydrogen-bond donors (Lipinski definition) is 2. The highest BCUT2D eigenvalue weighted by Gasteiger charge is 2.24. The molecular formula is C15H22ClN3O. The summed E-state index contributed by atoms with van der Waals surface area (Å²) in [6, 6.07) is 8.19. The van der Waals surface area contributed by atoms with Crippen LogP contribution < -0.4 is 11.1 Å². The third kappa shape index (κ3) is 4.20. The third-order valence-corrected chi connectivity index (χ3v) is 4.20. The van der Waals surface area contributed by atoms with Crippen LogP contribution in [0.2, 0.25) is 5.02 Å². The summed E-state index contributed by atoms with van der Waals surface area (Å²) in [5, 5.41) is 3.61. The van der Waals surface area contributed by atoms with Crippen molar-refractivity contribution < 1.29 is 4.79 Å². The molecule has 0 aromatic heterocycles. The number of hydrogen-bond acceptors (Lipinski definition) is 3. The van der Waals surface area contributed by atoms with Crippen LogP contribution in [0.3, 0.4) is 0 Å². The topological polar surface area (TPSA) is 58.4 Å². The molecule has 1 heterocycles. The van der Waals surface area contributed by atoms with E-state index in [4.69, 9.17) is 17.3 Å². The van der Waals surface area contributed by atoms with E-state index in [9.17, 15) is 4.79 Å². The Balaban J connectivity index is 1.80. The fraction of sp³-hybridized carbons (Fsp3) is 0.533. The van der Waals surface area contributed by atoms with Gasteiger partial charge >= 0.3 is 0 Å². The van der Waals surface area contributed by atoms with Crippen molar-refractivity contribution in [2.24, 2.45) is 5.73 Å². The minimum absolute atomic E-state index is 0.0345. The van der Waals surface area contributed by atoms with Gasteiger partial charge in [0.25, 0.3) is 0 Å². The second-order valence-corrected chi connectivity index (χ2v) is 5.88. The van der Waals surface area contributed by atoms with Crippen LogP contribution in [0.4, 0.5) is 0 Å². The van der Waals surface area contributed by atoms with Gasteiger partial charge in [-0.15, -0.1) is 0 Å². The molecule has 1 aliphatic rings. The first kappa shape index (κ1) is 15.3. The summed E-state index contributed by atoms with van der Waals surface area (Å²) in [5.41, 5.74) is 6.87. The molecule has 1 aliphatic heterocycles. The van der Waals surface area contributed by atoms with Gasteiger partial charge < -0.3 is 11.1 Å². The molecule has 3 N–H and O–H groups in total. The molecule has 1 aromatic carbocycles. The molecule has 0 spiro atoms.